The van der Waals surface area contributed by atoms with E-state index in [1.165, 1.54) is 11.1 Å². The fourth-order valence-electron chi connectivity index (χ4n) is 3.65. The van der Waals surface area contributed by atoms with Gasteiger partial charge in [0.2, 0.25) is 0 Å². The average Bonchev–Trinajstić information content (AvgIpc) is 3.31. The highest BCUT2D eigenvalue weighted by Crippen LogP contribution is 2.50. The van der Waals surface area contributed by atoms with Crippen molar-refractivity contribution < 1.29 is 8.95 Å². The number of hydrogen-bond donors (Lipinski definition) is 0. The molecule has 2 aromatic rings. The Labute approximate surface area is 146 Å². The first-order chi connectivity index (χ1) is 11.7. The third-order valence-corrected chi connectivity index (χ3v) is 6.94. The van der Waals surface area contributed by atoms with Crippen LogP contribution in [0.5, 0.6) is 0 Å². The van der Waals surface area contributed by atoms with Crippen molar-refractivity contribution in [2.24, 2.45) is 0 Å². The van der Waals surface area contributed by atoms with Crippen molar-refractivity contribution in [2.75, 3.05) is 0 Å². The molecule has 1 heterocycles. The zero-order valence-electron chi connectivity index (χ0n) is 13.9. The Morgan fingerprint density at radius 1 is 1.04 bits per heavy atom. The van der Waals surface area contributed by atoms with Gasteiger partial charge in [0.15, 0.2) is 0 Å². The molecule has 2 nitrogen and oxygen atoms in total. The topological polar surface area (TPSA) is 29.6 Å². The molecule has 0 radical (unpaired) electrons. The Balaban J connectivity index is 1.63. The second kappa shape index (κ2) is 6.30. The molecule has 0 amide bonds. The van der Waals surface area contributed by atoms with Gasteiger partial charge in [0.1, 0.15) is 5.60 Å². The van der Waals surface area contributed by atoms with Gasteiger partial charge >= 0.3 is 0 Å². The van der Waals surface area contributed by atoms with Crippen LogP contribution in [0.15, 0.2) is 71.1 Å². The zero-order chi connectivity index (χ0) is 16.6. The Hall–Kier alpha value is -1.71. The highest BCUT2D eigenvalue weighted by Gasteiger charge is 2.56. The molecule has 1 aliphatic carbocycles. The fourth-order valence-corrected chi connectivity index (χ4v) is 5.14. The summed E-state index contributed by atoms with van der Waals surface area (Å²) in [5.74, 6) is 0. The lowest BCUT2D eigenvalue weighted by molar-refractivity contribution is 0.316. The second-order valence-corrected chi connectivity index (χ2v) is 8.54. The number of fused-ring (bicyclic) bond motifs is 1. The van der Waals surface area contributed by atoms with Crippen LogP contribution in [0.25, 0.3) is 6.08 Å². The Morgan fingerprint density at radius 2 is 1.71 bits per heavy atom. The molecule has 1 aliphatic heterocycles. The van der Waals surface area contributed by atoms with Crippen molar-refractivity contribution >= 4 is 16.9 Å². The highest BCUT2D eigenvalue weighted by molar-refractivity contribution is 7.85. The maximum absolute atomic E-state index is 13.0. The van der Waals surface area contributed by atoms with Gasteiger partial charge in [0, 0.05) is 10.1 Å². The van der Waals surface area contributed by atoms with Gasteiger partial charge in [-0.1, -0.05) is 54.6 Å². The summed E-state index contributed by atoms with van der Waals surface area (Å²) in [5.41, 5.74) is 2.31. The number of epoxide rings is 1. The SMILES string of the molecule is C[C@@]12O[C@@H]1CC[C@@H](S(=O)c1ccccc1)C/C2=C\c1ccccc1. The van der Waals surface area contributed by atoms with Gasteiger partial charge in [0.25, 0.3) is 0 Å². The first-order valence-electron chi connectivity index (χ1n) is 8.56. The lowest BCUT2D eigenvalue weighted by atomic mass is 9.93. The molecule has 2 aliphatic rings. The minimum atomic E-state index is -0.969. The second-order valence-electron chi connectivity index (χ2n) is 6.81. The molecule has 124 valence electrons. The van der Waals surface area contributed by atoms with E-state index in [9.17, 15) is 4.21 Å². The predicted octanol–water partition coefficient (Wildman–Crippen LogP) is 4.59. The molecule has 2 aromatic carbocycles. The van der Waals surface area contributed by atoms with E-state index in [0.717, 1.165) is 24.2 Å². The predicted molar refractivity (Wildman–Crippen MR) is 98.2 cm³/mol. The van der Waals surface area contributed by atoms with Crippen LogP contribution >= 0.6 is 0 Å². The molecule has 3 heteroatoms. The molecule has 4 atom stereocenters. The Morgan fingerprint density at radius 3 is 2.42 bits per heavy atom. The summed E-state index contributed by atoms with van der Waals surface area (Å²) in [6.45, 7) is 2.18. The summed E-state index contributed by atoms with van der Waals surface area (Å²) in [5, 5.41) is 0.163. The summed E-state index contributed by atoms with van der Waals surface area (Å²) in [6.07, 6.45) is 5.30. The molecule has 4 rings (SSSR count). The number of rotatable bonds is 3. The third-order valence-electron chi connectivity index (χ3n) is 5.20. The standard InChI is InChI=1S/C21H22O2S/c1-21-17(14-16-8-4-2-5-9-16)15-19(12-13-20(21)23-21)24(22)18-10-6-3-7-11-18/h2-11,14,19-20H,12-13,15H2,1H3/b17-14+/t19-,20-,21+,24?/m1/s1. The van der Waals surface area contributed by atoms with E-state index in [-0.39, 0.29) is 17.0 Å². The van der Waals surface area contributed by atoms with Gasteiger partial charge in [0.05, 0.1) is 16.9 Å². The summed E-state index contributed by atoms with van der Waals surface area (Å²) < 4.78 is 19.0. The van der Waals surface area contributed by atoms with E-state index >= 15 is 0 Å². The number of ether oxygens (including phenoxy) is 1. The lowest BCUT2D eigenvalue weighted by Gasteiger charge is -2.18. The van der Waals surface area contributed by atoms with Crippen LogP contribution < -0.4 is 0 Å². The maximum atomic E-state index is 13.0. The van der Waals surface area contributed by atoms with Crippen LogP contribution in [0.1, 0.15) is 31.7 Å². The maximum Gasteiger partial charge on any atom is 0.113 e. The van der Waals surface area contributed by atoms with Gasteiger partial charge in [-0.3, -0.25) is 4.21 Å². The fraction of sp³-hybridized carbons (Fsp3) is 0.333. The van der Waals surface area contributed by atoms with Crippen LogP contribution in [-0.2, 0) is 15.5 Å². The molecule has 1 saturated heterocycles. The van der Waals surface area contributed by atoms with E-state index in [1.807, 2.05) is 36.4 Å². The van der Waals surface area contributed by atoms with E-state index < -0.39 is 10.8 Å². The summed E-state index contributed by atoms with van der Waals surface area (Å²) >= 11 is 0. The van der Waals surface area contributed by atoms with Crippen molar-refractivity contribution in [3.63, 3.8) is 0 Å². The van der Waals surface area contributed by atoms with Gasteiger partial charge in [-0.25, -0.2) is 0 Å². The smallest absolute Gasteiger partial charge is 0.113 e. The normalized spacial score (nSPS) is 32.0. The Bertz CT molecular complexity index is 769. The van der Waals surface area contributed by atoms with Crippen molar-refractivity contribution in [1.29, 1.82) is 0 Å². The molecule has 1 unspecified atom stereocenters. The van der Waals surface area contributed by atoms with Crippen LogP contribution in [0.3, 0.4) is 0 Å². The zero-order valence-corrected chi connectivity index (χ0v) is 14.7. The van der Waals surface area contributed by atoms with Crippen LogP contribution in [0.2, 0.25) is 0 Å². The molecule has 0 N–H and O–H groups in total. The summed E-state index contributed by atoms with van der Waals surface area (Å²) in [7, 11) is -0.969. The van der Waals surface area contributed by atoms with Gasteiger partial charge < -0.3 is 4.74 Å². The van der Waals surface area contributed by atoms with Crippen molar-refractivity contribution in [3.8, 4) is 0 Å². The van der Waals surface area contributed by atoms with Gasteiger partial charge in [-0.15, -0.1) is 0 Å². The number of benzene rings is 2. The summed E-state index contributed by atoms with van der Waals surface area (Å²) in [6, 6.07) is 20.2. The van der Waals surface area contributed by atoms with E-state index in [4.69, 9.17) is 4.74 Å². The molecular weight excluding hydrogens is 316 g/mol. The minimum absolute atomic E-state index is 0.161. The molecule has 2 fully saturated rings. The van der Waals surface area contributed by atoms with Crippen LogP contribution in [0, 0.1) is 0 Å². The van der Waals surface area contributed by atoms with Crippen molar-refractivity contribution in [1.82, 2.24) is 0 Å². The lowest BCUT2D eigenvalue weighted by Crippen LogP contribution is -2.18. The summed E-state index contributed by atoms with van der Waals surface area (Å²) in [4.78, 5) is 0.934. The minimum Gasteiger partial charge on any atom is -0.362 e. The molecule has 0 spiro atoms. The van der Waals surface area contributed by atoms with E-state index in [1.54, 1.807) is 0 Å². The van der Waals surface area contributed by atoms with Crippen molar-refractivity contribution in [2.45, 2.75) is 48.0 Å². The third kappa shape index (κ3) is 2.99. The van der Waals surface area contributed by atoms with Crippen molar-refractivity contribution in [3.05, 3.63) is 71.8 Å². The molecule has 1 saturated carbocycles. The van der Waals surface area contributed by atoms with Crippen LogP contribution in [-0.4, -0.2) is 21.2 Å². The first-order valence-corrected chi connectivity index (χ1v) is 9.77. The highest BCUT2D eigenvalue weighted by atomic mass is 32.2. The Kier molecular flexibility index (Phi) is 4.15. The first kappa shape index (κ1) is 15.8. The average molecular weight is 338 g/mol. The van der Waals surface area contributed by atoms with E-state index in [2.05, 4.69) is 37.3 Å². The largest absolute Gasteiger partial charge is 0.362 e. The monoisotopic (exact) mass is 338 g/mol. The molecule has 24 heavy (non-hydrogen) atoms. The molecule has 0 aromatic heterocycles. The molecular formula is C21H22O2S. The quantitative estimate of drug-likeness (QED) is 0.766. The van der Waals surface area contributed by atoms with Crippen LogP contribution in [0.4, 0.5) is 0 Å². The molecule has 0 bridgehead atoms. The van der Waals surface area contributed by atoms with E-state index in [0.29, 0.717) is 0 Å². The van der Waals surface area contributed by atoms with Gasteiger partial charge in [-0.05, 0) is 49.5 Å². The number of hydrogen-bond acceptors (Lipinski definition) is 2. The van der Waals surface area contributed by atoms with Gasteiger partial charge in [-0.2, -0.15) is 0 Å².